The molecule has 0 aromatic carbocycles. The van der Waals surface area contributed by atoms with E-state index in [2.05, 4.69) is 33.0 Å². The maximum atomic E-state index is 10.3. The zero-order valence-corrected chi connectivity index (χ0v) is 11.4. The van der Waals surface area contributed by atoms with E-state index in [-0.39, 0.29) is 6.04 Å². The van der Waals surface area contributed by atoms with Crippen molar-refractivity contribution >= 4 is 11.3 Å². The van der Waals surface area contributed by atoms with Gasteiger partial charge in [0.2, 0.25) is 0 Å². The molecular formula is C13H23NOS. The first-order valence-electron chi connectivity index (χ1n) is 6.03. The van der Waals surface area contributed by atoms with Crippen LogP contribution in [0.1, 0.15) is 45.1 Å². The highest BCUT2D eigenvalue weighted by Gasteiger charge is 2.25. The zero-order valence-electron chi connectivity index (χ0n) is 10.6. The third-order valence-electron chi connectivity index (χ3n) is 2.98. The van der Waals surface area contributed by atoms with Gasteiger partial charge in [-0.15, -0.1) is 11.3 Å². The average Bonchev–Trinajstić information content (AvgIpc) is 2.77. The van der Waals surface area contributed by atoms with Crippen molar-refractivity contribution in [2.24, 2.45) is 5.92 Å². The van der Waals surface area contributed by atoms with E-state index < -0.39 is 6.10 Å². The summed E-state index contributed by atoms with van der Waals surface area (Å²) < 4.78 is 0. The molecule has 0 aliphatic rings. The van der Waals surface area contributed by atoms with Gasteiger partial charge in [-0.3, -0.25) is 0 Å². The van der Waals surface area contributed by atoms with Crippen LogP contribution in [-0.2, 0) is 0 Å². The predicted molar refractivity (Wildman–Crippen MR) is 70.8 cm³/mol. The standard InChI is InChI=1S/C13H23NOS/c1-5-10(4)14-12(9(2)3)13(15)11-7-6-8-16-11/h6-10,12-15H,5H2,1-4H3. The van der Waals surface area contributed by atoms with Gasteiger partial charge in [0, 0.05) is 17.0 Å². The lowest BCUT2D eigenvalue weighted by Gasteiger charge is -2.29. The molecule has 0 radical (unpaired) electrons. The molecule has 0 aliphatic heterocycles. The second-order valence-electron chi connectivity index (χ2n) is 4.71. The van der Waals surface area contributed by atoms with Crippen LogP contribution >= 0.6 is 11.3 Å². The van der Waals surface area contributed by atoms with Gasteiger partial charge in [-0.1, -0.05) is 26.8 Å². The van der Waals surface area contributed by atoms with Crippen molar-refractivity contribution in [2.45, 2.75) is 52.3 Å². The number of rotatable bonds is 6. The highest BCUT2D eigenvalue weighted by atomic mass is 32.1. The number of hydrogen-bond acceptors (Lipinski definition) is 3. The Morgan fingerprint density at radius 1 is 1.38 bits per heavy atom. The maximum absolute atomic E-state index is 10.3. The molecule has 0 spiro atoms. The summed E-state index contributed by atoms with van der Waals surface area (Å²) in [7, 11) is 0. The predicted octanol–water partition coefficient (Wildman–Crippen LogP) is 3.19. The summed E-state index contributed by atoms with van der Waals surface area (Å²) in [6, 6.07) is 4.57. The lowest BCUT2D eigenvalue weighted by molar-refractivity contribution is 0.102. The molecule has 3 atom stereocenters. The lowest BCUT2D eigenvalue weighted by atomic mass is 9.96. The molecule has 0 saturated carbocycles. The van der Waals surface area contributed by atoms with Crippen molar-refractivity contribution in [1.29, 1.82) is 0 Å². The van der Waals surface area contributed by atoms with E-state index in [1.165, 1.54) is 0 Å². The van der Waals surface area contributed by atoms with Gasteiger partial charge in [0.15, 0.2) is 0 Å². The van der Waals surface area contributed by atoms with Crippen LogP contribution in [0.4, 0.5) is 0 Å². The van der Waals surface area contributed by atoms with Gasteiger partial charge >= 0.3 is 0 Å². The Morgan fingerprint density at radius 2 is 2.06 bits per heavy atom. The normalized spacial score (nSPS) is 17.4. The van der Waals surface area contributed by atoms with E-state index in [1.807, 2.05) is 17.5 Å². The summed E-state index contributed by atoms with van der Waals surface area (Å²) in [5.41, 5.74) is 0. The fraction of sp³-hybridized carbons (Fsp3) is 0.692. The monoisotopic (exact) mass is 241 g/mol. The highest BCUT2D eigenvalue weighted by molar-refractivity contribution is 7.10. The van der Waals surface area contributed by atoms with Crippen molar-refractivity contribution < 1.29 is 5.11 Å². The van der Waals surface area contributed by atoms with Crippen molar-refractivity contribution in [3.05, 3.63) is 22.4 Å². The van der Waals surface area contributed by atoms with Crippen LogP contribution in [-0.4, -0.2) is 17.2 Å². The van der Waals surface area contributed by atoms with Gasteiger partial charge in [-0.25, -0.2) is 0 Å². The molecule has 16 heavy (non-hydrogen) atoms. The Kier molecular flexibility index (Phi) is 5.46. The molecule has 1 heterocycles. The third kappa shape index (κ3) is 3.58. The number of aliphatic hydroxyl groups is 1. The van der Waals surface area contributed by atoms with E-state index >= 15 is 0 Å². The molecule has 0 amide bonds. The number of thiophene rings is 1. The summed E-state index contributed by atoms with van der Waals surface area (Å²) in [5, 5.41) is 15.9. The second kappa shape index (κ2) is 6.38. The first-order valence-corrected chi connectivity index (χ1v) is 6.91. The van der Waals surface area contributed by atoms with E-state index in [1.54, 1.807) is 11.3 Å². The van der Waals surface area contributed by atoms with Gasteiger partial charge in [-0.05, 0) is 30.7 Å². The fourth-order valence-corrected chi connectivity index (χ4v) is 2.49. The molecule has 3 heteroatoms. The molecule has 0 fully saturated rings. The highest BCUT2D eigenvalue weighted by Crippen LogP contribution is 2.26. The molecule has 2 N–H and O–H groups in total. The van der Waals surface area contributed by atoms with Gasteiger partial charge in [0.25, 0.3) is 0 Å². The van der Waals surface area contributed by atoms with E-state index in [4.69, 9.17) is 0 Å². The molecular weight excluding hydrogens is 218 g/mol. The molecule has 0 saturated heterocycles. The van der Waals surface area contributed by atoms with E-state index in [0.29, 0.717) is 12.0 Å². The third-order valence-corrected chi connectivity index (χ3v) is 3.93. The van der Waals surface area contributed by atoms with Crippen molar-refractivity contribution in [3.8, 4) is 0 Å². The minimum Gasteiger partial charge on any atom is -0.386 e. The summed E-state index contributed by atoms with van der Waals surface area (Å²) in [5.74, 6) is 0.422. The van der Waals surface area contributed by atoms with E-state index in [0.717, 1.165) is 11.3 Å². The van der Waals surface area contributed by atoms with Crippen molar-refractivity contribution in [1.82, 2.24) is 5.32 Å². The summed E-state index contributed by atoms with van der Waals surface area (Å²) in [6.07, 6.45) is 0.689. The molecule has 0 bridgehead atoms. The smallest absolute Gasteiger partial charge is 0.104 e. The quantitative estimate of drug-likeness (QED) is 0.801. The minimum absolute atomic E-state index is 0.133. The molecule has 1 aromatic heterocycles. The topological polar surface area (TPSA) is 32.3 Å². The van der Waals surface area contributed by atoms with E-state index in [9.17, 15) is 5.11 Å². The maximum Gasteiger partial charge on any atom is 0.104 e. The first kappa shape index (κ1) is 13.7. The van der Waals surface area contributed by atoms with Crippen LogP contribution in [0.15, 0.2) is 17.5 Å². The lowest BCUT2D eigenvalue weighted by Crippen LogP contribution is -2.43. The minimum atomic E-state index is -0.394. The number of hydrogen-bond donors (Lipinski definition) is 2. The Balaban J connectivity index is 2.70. The Bertz CT molecular complexity index is 284. The van der Waals surface area contributed by atoms with Crippen molar-refractivity contribution in [3.63, 3.8) is 0 Å². The molecule has 3 unspecified atom stereocenters. The molecule has 92 valence electrons. The molecule has 0 aliphatic carbocycles. The largest absolute Gasteiger partial charge is 0.386 e. The SMILES string of the molecule is CCC(C)NC(C(C)C)C(O)c1cccs1. The molecule has 2 nitrogen and oxygen atoms in total. The fourth-order valence-electron chi connectivity index (χ4n) is 1.73. The molecule has 1 rings (SSSR count). The van der Waals surface area contributed by atoms with Gasteiger partial charge in [0.05, 0.1) is 0 Å². The Hall–Kier alpha value is -0.380. The van der Waals surface area contributed by atoms with Gasteiger partial charge in [-0.2, -0.15) is 0 Å². The van der Waals surface area contributed by atoms with Crippen LogP contribution in [0.2, 0.25) is 0 Å². The summed E-state index contributed by atoms with van der Waals surface area (Å²) >= 11 is 1.62. The molecule has 1 aromatic rings. The van der Waals surface area contributed by atoms with Gasteiger partial charge < -0.3 is 10.4 Å². The second-order valence-corrected chi connectivity index (χ2v) is 5.69. The van der Waals surface area contributed by atoms with Gasteiger partial charge in [0.1, 0.15) is 6.10 Å². The van der Waals surface area contributed by atoms with Crippen LogP contribution in [0, 0.1) is 5.92 Å². The van der Waals surface area contributed by atoms with Crippen LogP contribution in [0.5, 0.6) is 0 Å². The number of aliphatic hydroxyl groups excluding tert-OH is 1. The Labute approximate surface area is 103 Å². The average molecular weight is 241 g/mol. The van der Waals surface area contributed by atoms with Crippen molar-refractivity contribution in [2.75, 3.05) is 0 Å². The summed E-state index contributed by atoms with van der Waals surface area (Å²) in [4.78, 5) is 1.05. The van der Waals surface area contributed by atoms with Crippen LogP contribution in [0.3, 0.4) is 0 Å². The Morgan fingerprint density at radius 3 is 2.50 bits per heavy atom. The van der Waals surface area contributed by atoms with Crippen LogP contribution in [0.25, 0.3) is 0 Å². The first-order chi connectivity index (χ1) is 7.56. The summed E-state index contributed by atoms with van der Waals surface area (Å²) in [6.45, 7) is 8.62. The zero-order chi connectivity index (χ0) is 12.1. The van der Waals surface area contributed by atoms with Crippen LogP contribution < -0.4 is 5.32 Å². The number of nitrogens with one attached hydrogen (secondary N) is 1.